The third-order valence-corrected chi connectivity index (χ3v) is 11.9. The molecule has 0 aromatic heterocycles. The number of allylic oxidation sites excluding steroid dienone is 3. The zero-order chi connectivity index (χ0) is 42.1. The molecule has 0 bridgehead atoms. The van der Waals surface area contributed by atoms with Gasteiger partial charge in [0.1, 0.15) is 13.2 Å². The predicted octanol–water partition coefficient (Wildman–Crippen LogP) is 13.1. The first kappa shape index (κ1) is 56.0. The number of hydrogen-bond donors (Lipinski definition) is 2. The van der Waals surface area contributed by atoms with E-state index < -0.39 is 20.0 Å². The molecule has 0 fully saturated rings. The monoisotopic (exact) mass is 827 g/mol. The molecule has 0 spiro atoms. The smallest absolute Gasteiger partial charge is 0.268 e. The van der Waals surface area contributed by atoms with Crippen LogP contribution in [-0.2, 0) is 18.4 Å². The Hall–Kier alpha value is -1.02. The maximum atomic E-state index is 12.8. The summed E-state index contributed by atoms with van der Waals surface area (Å²) in [6, 6.07) is -0.888. The van der Waals surface area contributed by atoms with E-state index in [2.05, 4.69) is 31.3 Å². The standard InChI is InChI=1S/C48H95N2O6P/c1-6-8-10-12-14-16-18-19-20-21-22-23-24-25-26-27-28-29-30-31-32-33-35-37-39-41-47(51)46(45-56-57(53,54)55-44-43-50(3,4)5)49-48(52)42-40-38-36-34-17-15-13-11-9-7-2/h13,15,39,41,46-47,51H,6-12,14,16-38,40,42-45H2,1-5H3,(H-,49,52,53,54)/b15-13-,41-39+. The highest BCUT2D eigenvalue weighted by molar-refractivity contribution is 7.45. The van der Waals surface area contributed by atoms with Gasteiger partial charge in [0.15, 0.2) is 0 Å². The van der Waals surface area contributed by atoms with Gasteiger partial charge in [-0.3, -0.25) is 9.36 Å². The van der Waals surface area contributed by atoms with Crippen molar-refractivity contribution in [1.82, 2.24) is 5.32 Å². The van der Waals surface area contributed by atoms with Gasteiger partial charge < -0.3 is 28.8 Å². The maximum absolute atomic E-state index is 12.8. The summed E-state index contributed by atoms with van der Waals surface area (Å²) in [4.78, 5) is 25.2. The third kappa shape index (κ3) is 42.9. The van der Waals surface area contributed by atoms with Crippen molar-refractivity contribution in [3.63, 3.8) is 0 Å². The van der Waals surface area contributed by atoms with Crippen LogP contribution in [0, 0.1) is 0 Å². The van der Waals surface area contributed by atoms with Gasteiger partial charge in [0.25, 0.3) is 7.82 Å². The zero-order valence-corrected chi connectivity index (χ0v) is 39.2. The molecule has 2 N–H and O–H groups in total. The molecule has 0 aromatic rings. The Balaban J connectivity index is 4.19. The molecular weight excluding hydrogens is 732 g/mol. The first-order valence-corrected chi connectivity index (χ1v) is 25.7. The van der Waals surface area contributed by atoms with E-state index in [1.54, 1.807) is 6.08 Å². The van der Waals surface area contributed by atoms with Crippen LogP contribution in [0.1, 0.15) is 226 Å². The summed E-state index contributed by atoms with van der Waals surface area (Å²) >= 11 is 0. The second-order valence-electron chi connectivity index (χ2n) is 17.8. The lowest BCUT2D eigenvalue weighted by atomic mass is 10.0. The fraction of sp³-hybridized carbons (Fsp3) is 0.896. The molecule has 0 heterocycles. The topological polar surface area (TPSA) is 108 Å². The van der Waals surface area contributed by atoms with Crippen molar-refractivity contribution in [2.75, 3.05) is 40.9 Å². The summed E-state index contributed by atoms with van der Waals surface area (Å²) in [5, 5.41) is 13.8. The fourth-order valence-corrected chi connectivity index (χ4v) is 7.74. The minimum Gasteiger partial charge on any atom is -0.756 e. The SMILES string of the molecule is CCCC/C=C\CCCCCCC(=O)NC(COP(=O)([O-])OCC[N+](C)(C)C)C(O)/C=C/CCCCCCCCCCCCCCCCCCCCCCCCC. The van der Waals surface area contributed by atoms with Crippen LogP contribution >= 0.6 is 7.82 Å². The van der Waals surface area contributed by atoms with E-state index in [0.717, 1.165) is 57.8 Å². The number of aliphatic hydroxyl groups is 1. The quantitative estimate of drug-likeness (QED) is 0.0274. The Labute approximate surface area is 354 Å². The zero-order valence-electron chi connectivity index (χ0n) is 38.3. The van der Waals surface area contributed by atoms with Crippen molar-refractivity contribution in [3.8, 4) is 0 Å². The molecule has 0 aliphatic heterocycles. The maximum Gasteiger partial charge on any atom is 0.268 e. The van der Waals surface area contributed by atoms with Gasteiger partial charge in [-0.2, -0.15) is 0 Å². The average molecular weight is 827 g/mol. The van der Waals surface area contributed by atoms with Crippen LogP contribution in [0.15, 0.2) is 24.3 Å². The largest absolute Gasteiger partial charge is 0.756 e. The molecule has 57 heavy (non-hydrogen) atoms. The number of phosphoric acid groups is 1. The molecule has 3 atom stereocenters. The average Bonchev–Trinajstić information content (AvgIpc) is 3.16. The number of phosphoric ester groups is 1. The normalized spacial score (nSPS) is 14.4. The Morgan fingerprint density at radius 3 is 1.42 bits per heavy atom. The molecule has 0 saturated carbocycles. The van der Waals surface area contributed by atoms with Gasteiger partial charge in [0, 0.05) is 6.42 Å². The number of nitrogens with one attached hydrogen (secondary N) is 1. The highest BCUT2D eigenvalue weighted by atomic mass is 31.2. The van der Waals surface area contributed by atoms with Crippen molar-refractivity contribution >= 4 is 13.7 Å². The van der Waals surface area contributed by atoms with Crippen molar-refractivity contribution in [2.24, 2.45) is 0 Å². The lowest BCUT2D eigenvalue weighted by molar-refractivity contribution is -0.870. The number of likely N-dealkylation sites (N-methyl/N-ethyl adjacent to an activating group) is 1. The minimum atomic E-state index is -4.59. The van der Waals surface area contributed by atoms with Gasteiger partial charge in [0.05, 0.1) is 39.9 Å². The highest BCUT2D eigenvalue weighted by Crippen LogP contribution is 2.38. The highest BCUT2D eigenvalue weighted by Gasteiger charge is 2.23. The van der Waals surface area contributed by atoms with Crippen molar-refractivity contribution in [2.45, 2.75) is 238 Å². The van der Waals surface area contributed by atoms with Crippen molar-refractivity contribution in [1.29, 1.82) is 0 Å². The van der Waals surface area contributed by atoms with E-state index in [4.69, 9.17) is 9.05 Å². The van der Waals surface area contributed by atoms with Crippen molar-refractivity contribution < 1.29 is 32.9 Å². The number of hydrogen-bond acceptors (Lipinski definition) is 6. The third-order valence-electron chi connectivity index (χ3n) is 10.9. The number of carbonyl (C=O) groups is 1. The number of rotatable bonds is 44. The van der Waals surface area contributed by atoms with Crippen LogP contribution in [-0.4, -0.2) is 68.5 Å². The number of nitrogens with zero attached hydrogens (tertiary/aromatic N) is 1. The van der Waals surface area contributed by atoms with Crippen LogP contribution in [0.3, 0.4) is 0 Å². The first-order chi connectivity index (χ1) is 27.5. The van der Waals surface area contributed by atoms with E-state index in [1.165, 1.54) is 148 Å². The number of carbonyl (C=O) groups excluding carboxylic acids is 1. The summed E-state index contributed by atoms with van der Waals surface area (Å²) < 4.78 is 23.2. The summed E-state index contributed by atoms with van der Waals surface area (Å²) in [6.07, 6.45) is 48.2. The van der Waals surface area contributed by atoms with Gasteiger partial charge >= 0.3 is 0 Å². The van der Waals surface area contributed by atoms with Crippen LogP contribution in [0.2, 0.25) is 0 Å². The molecule has 1 amide bonds. The molecule has 9 heteroatoms. The second-order valence-corrected chi connectivity index (χ2v) is 19.2. The van der Waals surface area contributed by atoms with E-state index in [9.17, 15) is 19.4 Å². The fourth-order valence-electron chi connectivity index (χ4n) is 7.02. The Morgan fingerprint density at radius 2 is 0.982 bits per heavy atom. The number of quaternary nitrogens is 1. The number of unbranched alkanes of at least 4 members (excludes halogenated alkanes) is 29. The van der Waals surface area contributed by atoms with Gasteiger partial charge in [-0.05, 0) is 38.5 Å². The lowest BCUT2D eigenvalue weighted by Gasteiger charge is -2.29. The lowest BCUT2D eigenvalue weighted by Crippen LogP contribution is -2.45. The molecule has 0 rings (SSSR count). The minimum absolute atomic E-state index is 0.00213. The molecule has 0 aliphatic rings. The summed E-state index contributed by atoms with van der Waals surface area (Å²) in [5.74, 6) is -0.211. The molecule has 8 nitrogen and oxygen atoms in total. The van der Waals surface area contributed by atoms with Crippen LogP contribution in [0.25, 0.3) is 0 Å². The summed E-state index contributed by atoms with van der Waals surface area (Å²) in [6.45, 7) is 4.60. The van der Waals surface area contributed by atoms with E-state index in [-0.39, 0.29) is 19.1 Å². The van der Waals surface area contributed by atoms with Crippen molar-refractivity contribution in [3.05, 3.63) is 24.3 Å². The Kier molecular flexibility index (Phi) is 39.7. The molecule has 0 aliphatic carbocycles. The van der Waals surface area contributed by atoms with Gasteiger partial charge in [-0.1, -0.05) is 205 Å². The molecule has 0 aromatic carbocycles. The molecule has 3 unspecified atom stereocenters. The second kappa shape index (κ2) is 40.4. The predicted molar refractivity (Wildman–Crippen MR) is 242 cm³/mol. The van der Waals surface area contributed by atoms with E-state index >= 15 is 0 Å². The number of amides is 1. The van der Waals surface area contributed by atoms with E-state index in [0.29, 0.717) is 17.4 Å². The van der Waals surface area contributed by atoms with Crippen LogP contribution in [0.4, 0.5) is 0 Å². The van der Waals surface area contributed by atoms with Crippen LogP contribution in [0.5, 0.6) is 0 Å². The van der Waals surface area contributed by atoms with Gasteiger partial charge in [-0.25, -0.2) is 0 Å². The van der Waals surface area contributed by atoms with E-state index in [1.807, 2.05) is 27.2 Å². The Morgan fingerprint density at radius 1 is 0.596 bits per heavy atom. The van der Waals surface area contributed by atoms with Gasteiger partial charge in [0.2, 0.25) is 5.91 Å². The Bertz CT molecular complexity index is 984. The molecule has 338 valence electrons. The molecule has 0 saturated heterocycles. The number of aliphatic hydroxyl groups excluding tert-OH is 1. The van der Waals surface area contributed by atoms with Crippen LogP contribution < -0.4 is 10.2 Å². The molecule has 0 radical (unpaired) electrons. The first-order valence-electron chi connectivity index (χ1n) is 24.2. The van der Waals surface area contributed by atoms with Gasteiger partial charge in [-0.15, -0.1) is 0 Å². The summed E-state index contributed by atoms with van der Waals surface area (Å²) in [5.41, 5.74) is 0. The molecular formula is C48H95N2O6P. The summed E-state index contributed by atoms with van der Waals surface area (Å²) in [7, 11) is 1.26.